The van der Waals surface area contributed by atoms with Crippen LogP contribution in [0.4, 0.5) is 17.6 Å². The fraction of sp³-hybridized carbons (Fsp3) is 0.138. The molecule has 2 unspecified atom stereocenters. The molecule has 1 N–H and O–H groups in total. The minimum Gasteiger partial charge on any atom is -0.744 e. The second-order valence-corrected chi connectivity index (χ2v) is 10.9. The highest BCUT2D eigenvalue weighted by Crippen LogP contribution is 2.62. The molecular weight excluding hydrogens is 552 g/mol. The molecule has 0 aliphatic heterocycles. The molecule has 0 aromatic heterocycles. The molecule has 6 nitrogen and oxygen atoms in total. The number of hydrogen-bond donors (Lipinski definition) is 1. The van der Waals surface area contributed by atoms with Crippen LogP contribution in [0.15, 0.2) is 77.7 Å². The van der Waals surface area contributed by atoms with Gasteiger partial charge in [-0.25, -0.2) is 17.2 Å². The Kier molecular flexibility index (Phi) is 5.97. The van der Waals surface area contributed by atoms with E-state index in [-0.39, 0.29) is 5.75 Å². The minimum atomic E-state index is -5.95. The summed E-state index contributed by atoms with van der Waals surface area (Å²) >= 11 is 0. The van der Waals surface area contributed by atoms with Gasteiger partial charge in [-0.3, -0.25) is 4.79 Å². The molecule has 7 rings (SSSR count). The fourth-order valence-corrected chi connectivity index (χ4v) is 6.79. The molecular formula is C29H17F4O6S-. The van der Waals surface area contributed by atoms with Gasteiger partial charge in [-0.1, -0.05) is 66.7 Å². The third-order valence-electron chi connectivity index (χ3n) is 7.64. The highest BCUT2D eigenvalue weighted by molar-refractivity contribution is 7.85. The summed E-state index contributed by atoms with van der Waals surface area (Å²) in [5.74, 6) is -16.3. The van der Waals surface area contributed by atoms with Crippen LogP contribution in [0.25, 0.3) is 0 Å². The van der Waals surface area contributed by atoms with E-state index in [0.717, 1.165) is 22.3 Å². The summed E-state index contributed by atoms with van der Waals surface area (Å²) in [6.07, 6.45) is 0. The van der Waals surface area contributed by atoms with Crippen molar-refractivity contribution >= 4 is 16.1 Å². The molecule has 2 atom stereocenters. The van der Waals surface area contributed by atoms with Gasteiger partial charge in [-0.15, -0.1) is 0 Å². The molecule has 40 heavy (non-hydrogen) atoms. The summed E-state index contributed by atoms with van der Waals surface area (Å²) in [4.78, 5) is 11.5. The van der Waals surface area contributed by atoms with Crippen molar-refractivity contribution in [1.29, 1.82) is 0 Å². The number of ether oxygens (including phenoxy) is 1. The Labute approximate surface area is 225 Å². The lowest BCUT2D eigenvalue weighted by molar-refractivity contribution is -0.141. The number of esters is 1. The molecule has 0 radical (unpaired) electrons. The van der Waals surface area contributed by atoms with Crippen molar-refractivity contribution in [3.8, 4) is 11.5 Å². The van der Waals surface area contributed by atoms with Crippen molar-refractivity contribution in [1.82, 2.24) is 0 Å². The summed E-state index contributed by atoms with van der Waals surface area (Å²) < 4.78 is 97.1. The SMILES string of the molecule is O=C(Oc1c(F)c(F)c(S(=O)(=O)[O-])c(F)c1F)C1C2c3ccccc3C(c3ccccc32)C1c1ccccc1O. The summed E-state index contributed by atoms with van der Waals surface area (Å²) in [6, 6.07) is 20.7. The number of fused-ring (bicyclic) bond motifs is 1. The zero-order chi connectivity index (χ0) is 28.5. The van der Waals surface area contributed by atoms with Gasteiger partial charge in [-0.2, -0.15) is 8.78 Å². The molecule has 3 aliphatic rings. The Balaban J connectivity index is 1.55. The second kappa shape index (κ2) is 9.17. The van der Waals surface area contributed by atoms with Crippen molar-refractivity contribution < 1.29 is 45.2 Å². The lowest BCUT2D eigenvalue weighted by Gasteiger charge is -2.49. The molecule has 2 bridgehead atoms. The number of benzene rings is 4. The summed E-state index contributed by atoms with van der Waals surface area (Å²) in [5.41, 5.74) is 3.53. The monoisotopic (exact) mass is 569 g/mol. The predicted octanol–water partition coefficient (Wildman–Crippen LogP) is 5.45. The van der Waals surface area contributed by atoms with Gasteiger partial charge in [0.2, 0.25) is 17.4 Å². The van der Waals surface area contributed by atoms with Gasteiger partial charge in [0.15, 0.2) is 11.6 Å². The lowest BCUT2D eigenvalue weighted by atomic mass is 9.53. The summed E-state index contributed by atoms with van der Waals surface area (Å²) in [5, 5.41) is 10.8. The molecule has 3 aliphatic carbocycles. The van der Waals surface area contributed by atoms with Crippen LogP contribution in [-0.2, 0) is 14.9 Å². The summed E-state index contributed by atoms with van der Waals surface area (Å²) in [7, 11) is -5.95. The molecule has 0 saturated heterocycles. The van der Waals surface area contributed by atoms with E-state index in [1.165, 1.54) is 6.07 Å². The normalized spacial score (nSPS) is 21.0. The van der Waals surface area contributed by atoms with Gasteiger partial charge in [0.25, 0.3) is 0 Å². The molecule has 11 heteroatoms. The molecule has 0 spiro atoms. The van der Waals surface area contributed by atoms with E-state index in [1.807, 2.05) is 24.3 Å². The van der Waals surface area contributed by atoms with Crippen molar-refractivity contribution in [2.24, 2.45) is 5.92 Å². The van der Waals surface area contributed by atoms with Gasteiger partial charge in [0, 0.05) is 17.8 Å². The van der Waals surface area contributed by atoms with Crippen LogP contribution in [0.3, 0.4) is 0 Å². The summed E-state index contributed by atoms with van der Waals surface area (Å²) in [6.45, 7) is 0. The van der Waals surface area contributed by atoms with E-state index < -0.39 is 73.7 Å². The van der Waals surface area contributed by atoms with Crippen LogP contribution in [-0.4, -0.2) is 24.0 Å². The molecule has 4 aromatic rings. The number of rotatable bonds is 4. The van der Waals surface area contributed by atoms with Crippen LogP contribution in [0.1, 0.15) is 45.6 Å². The van der Waals surface area contributed by atoms with Gasteiger partial charge >= 0.3 is 5.97 Å². The van der Waals surface area contributed by atoms with Gasteiger partial charge in [-0.05, 0) is 33.9 Å². The number of halogens is 4. The van der Waals surface area contributed by atoms with Crippen molar-refractivity contribution in [2.75, 3.05) is 0 Å². The number of aromatic hydroxyl groups is 1. The average Bonchev–Trinajstić information content (AvgIpc) is 2.93. The van der Waals surface area contributed by atoms with Crippen molar-refractivity contribution in [2.45, 2.75) is 22.6 Å². The van der Waals surface area contributed by atoms with E-state index >= 15 is 0 Å². The van der Waals surface area contributed by atoms with Crippen LogP contribution in [0.2, 0.25) is 0 Å². The highest BCUT2D eigenvalue weighted by atomic mass is 32.2. The molecule has 0 saturated carbocycles. The van der Waals surface area contributed by atoms with Crippen molar-refractivity contribution in [3.05, 3.63) is 124 Å². The third kappa shape index (κ3) is 3.72. The lowest BCUT2D eigenvalue weighted by Crippen LogP contribution is -2.44. The number of hydrogen-bond acceptors (Lipinski definition) is 6. The Morgan fingerprint density at radius 1 is 0.700 bits per heavy atom. The molecule has 0 fully saturated rings. The van der Waals surface area contributed by atoms with Crippen LogP contribution in [0.5, 0.6) is 11.5 Å². The minimum absolute atomic E-state index is 0.146. The zero-order valence-corrected chi connectivity index (χ0v) is 21.0. The molecule has 204 valence electrons. The Bertz CT molecular complexity index is 1750. The topological polar surface area (TPSA) is 104 Å². The number of phenolic OH excluding ortho intramolecular Hbond substituents is 1. The van der Waals surface area contributed by atoms with E-state index in [2.05, 4.69) is 0 Å². The Morgan fingerprint density at radius 2 is 1.12 bits per heavy atom. The van der Waals surface area contributed by atoms with E-state index in [4.69, 9.17) is 4.74 Å². The van der Waals surface area contributed by atoms with Gasteiger partial charge in [0.1, 0.15) is 20.8 Å². The number of para-hydroxylation sites is 1. The van der Waals surface area contributed by atoms with Crippen LogP contribution >= 0.6 is 0 Å². The van der Waals surface area contributed by atoms with E-state index in [0.29, 0.717) is 5.56 Å². The highest BCUT2D eigenvalue weighted by Gasteiger charge is 2.54. The smallest absolute Gasteiger partial charge is 0.316 e. The van der Waals surface area contributed by atoms with Crippen molar-refractivity contribution in [3.63, 3.8) is 0 Å². The Morgan fingerprint density at radius 3 is 1.57 bits per heavy atom. The Hall–Kier alpha value is -4.22. The predicted molar refractivity (Wildman–Crippen MR) is 131 cm³/mol. The van der Waals surface area contributed by atoms with Crippen LogP contribution < -0.4 is 4.74 Å². The first kappa shape index (κ1) is 26.0. The molecule has 4 aromatic carbocycles. The van der Waals surface area contributed by atoms with E-state index in [1.54, 1.807) is 42.5 Å². The number of carbonyl (C=O) groups excluding carboxylic acids is 1. The maximum atomic E-state index is 14.8. The second-order valence-electron chi connectivity index (χ2n) is 9.61. The zero-order valence-electron chi connectivity index (χ0n) is 20.1. The number of phenols is 1. The van der Waals surface area contributed by atoms with E-state index in [9.17, 15) is 40.4 Å². The quantitative estimate of drug-likeness (QED) is 0.115. The first-order valence-electron chi connectivity index (χ1n) is 12.0. The first-order valence-corrected chi connectivity index (χ1v) is 13.4. The largest absolute Gasteiger partial charge is 0.744 e. The van der Waals surface area contributed by atoms with Crippen LogP contribution in [0, 0.1) is 29.2 Å². The third-order valence-corrected chi connectivity index (χ3v) is 8.50. The first-order chi connectivity index (χ1) is 19.0. The van der Waals surface area contributed by atoms with Gasteiger partial charge < -0.3 is 14.4 Å². The fourth-order valence-electron chi connectivity index (χ4n) is 6.17. The maximum Gasteiger partial charge on any atom is 0.316 e. The maximum absolute atomic E-state index is 14.8. The number of carbonyl (C=O) groups is 1. The molecule has 0 heterocycles. The average molecular weight is 570 g/mol. The van der Waals surface area contributed by atoms with Gasteiger partial charge in [0.05, 0.1) is 5.92 Å². The molecule has 0 amide bonds. The standard InChI is InChI=1S/C29H18F4O6S/c30-23-25(32)28(40(36,37)38)26(33)24(31)27(23)39-29(35)22-20-15-9-3-1-7-13(15)19(14-8-2-4-10-16(14)20)21(22)17-11-5-6-12-18(17)34/h1-12,19-22,34H,(H,36,37,38)/p-1.